The molecule has 6 aromatic carbocycles. The van der Waals surface area contributed by atoms with Gasteiger partial charge in [0.25, 0.3) is 0 Å². The second-order valence-electron chi connectivity index (χ2n) is 23.1. The van der Waals surface area contributed by atoms with E-state index in [1.165, 1.54) is 94.2 Å². The van der Waals surface area contributed by atoms with Crippen molar-refractivity contribution in [2.75, 3.05) is 13.2 Å². The molecule has 3 heterocycles. The van der Waals surface area contributed by atoms with Crippen molar-refractivity contribution in [3.05, 3.63) is 199 Å². The van der Waals surface area contributed by atoms with Crippen molar-refractivity contribution in [1.82, 2.24) is 15.0 Å². The van der Waals surface area contributed by atoms with Gasteiger partial charge in [-0.1, -0.05) is 57.7 Å². The van der Waals surface area contributed by atoms with E-state index in [-0.39, 0.29) is 0 Å². The van der Waals surface area contributed by atoms with Crippen molar-refractivity contribution in [2.24, 2.45) is 0 Å². The predicted octanol–water partition coefficient (Wildman–Crippen LogP) is 18.5. The third-order valence-corrected chi connectivity index (χ3v) is 26.7. The van der Waals surface area contributed by atoms with Crippen molar-refractivity contribution in [3.63, 3.8) is 0 Å². The minimum absolute atomic E-state index is 0.611. The van der Waals surface area contributed by atoms with Gasteiger partial charge in [0.1, 0.15) is 0 Å². The summed E-state index contributed by atoms with van der Waals surface area (Å²) in [6.45, 7) is 7.31. The normalized spacial score (nSPS) is 11.8. The molecule has 0 aliphatic heterocycles. The second-order valence-corrected chi connectivity index (χ2v) is 52.1. The van der Waals surface area contributed by atoms with E-state index in [1.807, 2.05) is 30.6 Å². The molecule has 0 saturated carbocycles. The molecule has 78 heavy (non-hydrogen) atoms. The standard InChI is InChI=1S/C65H61N3O2.6CH3.2Sn/c1-3-5-7-15-36-69-46-48-38-58(50-18-11-9-12-19-50)42-60(40-48)54-28-24-52(25-29-54)56-32-34-62(66-44-56)64-22-17-23-65(68-64)63-35-33-57(45-67-63)53-26-30-55(31-27-53)61-41-49(47-70-37-16-8-6-4-2)39-59(43-61)51-20-13-10-14-21-51;;;;;;;;/h11-14,17-35,38-45H,3-8,15-16,36-37,46-47H2,1-2H3;6*1H3;;. The summed E-state index contributed by atoms with van der Waals surface area (Å²) in [5, 5.41) is 0. The molecule has 0 bridgehead atoms. The zero-order valence-corrected chi connectivity index (χ0v) is 53.2. The molecule has 0 saturated heterocycles. The van der Waals surface area contributed by atoms with Crippen LogP contribution in [0.25, 0.3) is 89.5 Å². The number of hydrogen-bond acceptors (Lipinski definition) is 5. The molecule has 0 aliphatic carbocycles. The molecule has 398 valence electrons. The number of hydrogen-bond donors (Lipinski definition) is 0. The molecule has 3 aromatic heterocycles. The summed E-state index contributed by atoms with van der Waals surface area (Å²) in [6, 6.07) is 64.7. The zero-order chi connectivity index (χ0) is 54.5. The van der Waals surface area contributed by atoms with E-state index in [1.54, 1.807) is 7.16 Å². The predicted molar refractivity (Wildman–Crippen MR) is 337 cm³/mol. The summed E-state index contributed by atoms with van der Waals surface area (Å²) in [4.78, 5) is 29.7. The summed E-state index contributed by atoms with van der Waals surface area (Å²) >= 11 is -4.33. The van der Waals surface area contributed by atoms with E-state index in [2.05, 4.69) is 201 Å². The minimum atomic E-state index is -2.17. The average Bonchev–Trinajstić information content (AvgIpc) is 3.53. The number of pyridine rings is 3. The first-order valence-electron chi connectivity index (χ1n) is 28.6. The molecule has 0 amide bonds. The van der Waals surface area contributed by atoms with Gasteiger partial charge in [-0.25, -0.2) is 4.98 Å². The summed E-state index contributed by atoms with van der Waals surface area (Å²) < 4.78 is 15.5. The maximum absolute atomic E-state index is 6.22. The molecule has 5 nitrogen and oxygen atoms in total. The van der Waals surface area contributed by atoms with Gasteiger partial charge in [0, 0.05) is 12.4 Å². The Balaban J connectivity index is 0.871. The summed E-state index contributed by atoms with van der Waals surface area (Å²) in [5.74, 6) is 0. The summed E-state index contributed by atoms with van der Waals surface area (Å²) in [6.07, 6.45) is 13.5. The Kier molecular flexibility index (Phi) is 19.7. The third kappa shape index (κ3) is 15.3. The van der Waals surface area contributed by atoms with Crippen molar-refractivity contribution >= 4 is 43.9 Å². The molecule has 0 fully saturated rings. The van der Waals surface area contributed by atoms with Gasteiger partial charge < -0.3 is 0 Å². The van der Waals surface area contributed by atoms with Gasteiger partial charge in [-0.3, -0.25) is 9.97 Å². The number of ether oxygens (including phenoxy) is 2. The molecule has 9 rings (SSSR count). The average molecular weight is 1240 g/mol. The molecular weight excluding hydrogens is 1160 g/mol. The quantitative estimate of drug-likeness (QED) is 0.0446. The van der Waals surface area contributed by atoms with Gasteiger partial charge in [0.05, 0.1) is 22.8 Å². The van der Waals surface area contributed by atoms with Crippen LogP contribution in [0.5, 0.6) is 0 Å². The molecule has 9 aromatic rings. The molecule has 0 spiro atoms. The van der Waals surface area contributed by atoms with Crippen molar-refractivity contribution < 1.29 is 9.47 Å². The van der Waals surface area contributed by atoms with Crippen LogP contribution in [-0.4, -0.2) is 64.9 Å². The SMILES string of the molecule is CCCCCCOCc1cc(-c2ccc(-c3ccc(-c4cccc(-c5ccc(-c6ccc(-c7cc(COCCCCCC)cc(-c8cc[c]([Sn]([CH3])([CH3])[CH3])cc8)c7)cc6)cn5)n4)nc3)cc2)cc(-c2cc[c]([Sn]([CH3])([CH3])[CH3])cc2)c1. The number of nitrogens with zero attached hydrogens (tertiary/aromatic N) is 3. The van der Waals surface area contributed by atoms with E-state index >= 15 is 0 Å². The van der Waals surface area contributed by atoms with Crippen LogP contribution in [0.3, 0.4) is 0 Å². The van der Waals surface area contributed by atoms with E-state index in [0.29, 0.717) is 13.2 Å². The Labute approximate surface area is 474 Å². The molecule has 0 unspecified atom stereocenters. The summed E-state index contributed by atoms with van der Waals surface area (Å²) in [5.41, 5.74) is 19.7. The maximum atomic E-state index is 6.22. The van der Waals surface area contributed by atoms with Crippen LogP contribution < -0.4 is 7.16 Å². The third-order valence-electron chi connectivity index (χ3n) is 14.9. The number of rotatable bonds is 24. The van der Waals surface area contributed by atoms with Gasteiger partial charge in [0.15, 0.2) is 0 Å². The molecule has 0 radical (unpaired) electrons. The van der Waals surface area contributed by atoms with Crippen LogP contribution in [0, 0.1) is 0 Å². The fourth-order valence-electron chi connectivity index (χ4n) is 10.0. The van der Waals surface area contributed by atoms with Crippen LogP contribution in [0.2, 0.25) is 29.6 Å². The Bertz CT molecular complexity index is 3120. The first-order valence-corrected chi connectivity index (χ1v) is 48.6. The fourth-order valence-corrected chi connectivity index (χ4v) is 16.7. The van der Waals surface area contributed by atoms with Crippen LogP contribution in [0.4, 0.5) is 0 Å². The van der Waals surface area contributed by atoms with Crippen molar-refractivity contribution in [3.8, 4) is 89.5 Å². The van der Waals surface area contributed by atoms with Gasteiger partial charge in [-0.2, -0.15) is 0 Å². The Morgan fingerprint density at radius 1 is 0.321 bits per heavy atom. The second kappa shape index (κ2) is 27.0. The fraction of sp³-hybridized carbons (Fsp3) is 0.282. The van der Waals surface area contributed by atoms with Gasteiger partial charge in [0.2, 0.25) is 0 Å². The van der Waals surface area contributed by atoms with Crippen LogP contribution in [-0.2, 0) is 22.7 Å². The molecule has 0 N–H and O–H groups in total. The molecule has 7 heteroatoms. The van der Waals surface area contributed by atoms with Gasteiger partial charge in [-0.15, -0.1) is 0 Å². The molecular formula is C71H79N3O2Sn2. The van der Waals surface area contributed by atoms with E-state index in [9.17, 15) is 0 Å². The number of aromatic nitrogens is 3. The van der Waals surface area contributed by atoms with Gasteiger partial charge >= 0.3 is 346 Å². The number of unbranched alkanes of at least 4 members (excludes halogenated alkanes) is 6. The zero-order valence-electron chi connectivity index (χ0n) is 47.5. The topological polar surface area (TPSA) is 57.1 Å². The number of benzene rings is 6. The van der Waals surface area contributed by atoms with E-state index < -0.39 is 36.8 Å². The van der Waals surface area contributed by atoms with Gasteiger partial charge in [-0.05, 0) is 24.3 Å². The van der Waals surface area contributed by atoms with Crippen LogP contribution in [0.1, 0.15) is 76.3 Å². The van der Waals surface area contributed by atoms with E-state index in [4.69, 9.17) is 24.4 Å². The van der Waals surface area contributed by atoms with Crippen molar-refractivity contribution in [2.45, 2.75) is 108 Å². The van der Waals surface area contributed by atoms with Crippen molar-refractivity contribution in [1.29, 1.82) is 0 Å². The molecule has 0 aliphatic rings. The molecule has 0 atom stereocenters. The van der Waals surface area contributed by atoms with E-state index in [0.717, 1.165) is 71.1 Å². The Morgan fingerprint density at radius 2 is 0.641 bits per heavy atom. The summed E-state index contributed by atoms with van der Waals surface area (Å²) in [7, 11) is 0. The van der Waals surface area contributed by atoms with Crippen LogP contribution >= 0.6 is 0 Å². The van der Waals surface area contributed by atoms with Crippen LogP contribution in [0.15, 0.2) is 188 Å². The first-order chi connectivity index (χ1) is 37.8. The first kappa shape index (κ1) is 57.0. The monoisotopic (exact) mass is 1250 g/mol. The Hall–Kier alpha value is -5.71. The Morgan fingerprint density at radius 3 is 0.949 bits per heavy atom.